The van der Waals surface area contributed by atoms with Gasteiger partial charge >= 0.3 is 0 Å². The lowest BCUT2D eigenvalue weighted by Crippen LogP contribution is -2.38. The normalized spacial score (nSPS) is 14.4. The van der Waals surface area contributed by atoms with E-state index in [1.54, 1.807) is 18.9 Å². The van der Waals surface area contributed by atoms with Gasteiger partial charge < -0.3 is 9.64 Å². The van der Waals surface area contributed by atoms with E-state index in [1.807, 2.05) is 47.4 Å². The van der Waals surface area contributed by atoms with Crippen LogP contribution in [0.1, 0.15) is 34.3 Å². The molecule has 1 saturated heterocycles. The van der Waals surface area contributed by atoms with Gasteiger partial charge in [0.2, 0.25) is 0 Å². The Morgan fingerprint density at radius 1 is 1.03 bits per heavy atom. The Balaban J connectivity index is 1.38. The monoisotopic (exact) mass is 465 g/mol. The molecule has 3 aromatic carbocycles. The summed E-state index contributed by atoms with van der Waals surface area (Å²) in [7, 11) is 1.67. The van der Waals surface area contributed by atoms with Crippen LogP contribution in [0.2, 0.25) is 5.02 Å². The SMILES string of the molecule is COc1ccc(C(=O)N2CCC(Cc3ccccc3)CC2)cc1CSc1ccc(Cl)cc1. The minimum Gasteiger partial charge on any atom is -0.496 e. The molecule has 1 aliphatic rings. The first kappa shape index (κ1) is 22.8. The zero-order chi connectivity index (χ0) is 22.3. The van der Waals surface area contributed by atoms with E-state index in [9.17, 15) is 4.79 Å². The fourth-order valence-electron chi connectivity index (χ4n) is 4.19. The molecule has 0 atom stereocenters. The third-order valence-corrected chi connectivity index (χ3v) is 7.32. The minimum absolute atomic E-state index is 0.114. The number of benzene rings is 3. The van der Waals surface area contributed by atoms with Crippen LogP contribution in [-0.2, 0) is 12.2 Å². The maximum absolute atomic E-state index is 13.2. The molecule has 4 rings (SSSR count). The predicted molar refractivity (Wildman–Crippen MR) is 133 cm³/mol. The average molecular weight is 466 g/mol. The van der Waals surface area contributed by atoms with E-state index >= 15 is 0 Å². The quantitative estimate of drug-likeness (QED) is 0.362. The Bertz CT molecular complexity index is 1030. The van der Waals surface area contributed by atoms with Gasteiger partial charge in [0, 0.05) is 39.9 Å². The highest BCUT2D eigenvalue weighted by atomic mass is 35.5. The van der Waals surface area contributed by atoms with Crippen LogP contribution in [0.3, 0.4) is 0 Å². The Kier molecular flexibility index (Phi) is 7.77. The Hall–Kier alpha value is -2.43. The molecule has 0 saturated carbocycles. The molecule has 0 unspecified atom stereocenters. The number of carbonyl (C=O) groups is 1. The lowest BCUT2D eigenvalue weighted by Gasteiger charge is -2.32. The van der Waals surface area contributed by atoms with Gasteiger partial charge in [0.15, 0.2) is 0 Å². The average Bonchev–Trinajstić information content (AvgIpc) is 2.84. The molecule has 0 bridgehead atoms. The van der Waals surface area contributed by atoms with Crippen LogP contribution in [0.5, 0.6) is 5.75 Å². The van der Waals surface area contributed by atoms with E-state index in [2.05, 4.69) is 30.3 Å². The highest BCUT2D eigenvalue weighted by Crippen LogP contribution is 2.30. The zero-order valence-electron chi connectivity index (χ0n) is 18.3. The molecular formula is C27H28ClNO2S. The largest absolute Gasteiger partial charge is 0.496 e. The second kappa shape index (κ2) is 10.9. The summed E-state index contributed by atoms with van der Waals surface area (Å²) in [5.41, 5.74) is 3.14. The van der Waals surface area contributed by atoms with E-state index in [1.165, 1.54) is 5.56 Å². The molecule has 3 nitrogen and oxygen atoms in total. The van der Waals surface area contributed by atoms with Gasteiger partial charge in [0.1, 0.15) is 5.75 Å². The number of piperidine rings is 1. The number of hydrogen-bond donors (Lipinski definition) is 0. The molecule has 0 spiro atoms. The summed E-state index contributed by atoms with van der Waals surface area (Å²) in [6, 6.07) is 24.2. The topological polar surface area (TPSA) is 29.5 Å². The van der Waals surface area contributed by atoms with Gasteiger partial charge in [-0.15, -0.1) is 11.8 Å². The number of likely N-dealkylation sites (tertiary alicyclic amines) is 1. The number of carbonyl (C=O) groups excluding carboxylic acids is 1. The third-order valence-electron chi connectivity index (χ3n) is 6.00. The van der Waals surface area contributed by atoms with Gasteiger partial charge in [-0.2, -0.15) is 0 Å². The lowest BCUT2D eigenvalue weighted by molar-refractivity contribution is 0.0690. The van der Waals surface area contributed by atoms with Crippen molar-refractivity contribution in [2.24, 2.45) is 5.92 Å². The minimum atomic E-state index is 0.114. The van der Waals surface area contributed by atoms with E-state index in [0.29, 0.717) is 5.92 Å². The first-order valence-electron chi connectivity index (χ1n) is 11.0. The first-order valence-corrected chi connectivity index (χ1v) is 12.4. The van der Waals surface area contributed by atoms with Crippen LogP contribution in [-0.4, -0.2) is 31.0 Å². The predicted octanol–water partition coefficient (Wildman–Crippen LogP) is 6.74. The van der Waals surface area contributed by atoms with Crippen molar-refractivity contribution in [3.63, 3.8) is 0 Å². The van der Waals surface area contributed by atoms with Crippen molar-refractivity contribution in [1.29, 1.82) is 0 Å². The Morgan fingerprint density at radius 2 is 1.75 bits per heavy atom. The van der Waals surface area contributed by atoms with Crippen molar-refractivity contribution in [3.8, 4) is 5.75 Å². The number of thioether (sulfide) groups is 1. The molecular weight excluding hydrogens is 438 g/mol. The van der Waals surface area contributed by atoms with Gasteiger partial charge in [0.25, 0.3) is 5.91 Å². The van der Waals surface area contributed by atoms with Crippen molar-refractivity contribution < 1.29 is 9.53 Å². The summed E-state index contributed by atoms with van der Waals surface area (Å²) in [6.45, 7) is 1.63. The Morgan fingerprint density at radius 3 is 2.44 bits per heavy atom. The molecule has 0 aliphatic carbocycles. The summed E-state index contributed by atoms with van der Waals surface area (Å²) in [5.74, 6) is 2.29. The number of halogens is 1. The lowest BCUT2D eigenvalue weighted by atomic mass is 9.90. The first-order chi connectivity index (χ1) is 15.6. The number of methoxy groups -OCH3 is 1. The van der Waals surface area contributed by atoms with Gasteiger partial charge in [-0.25, -0.2) is 0 Å². The van der Waals surface area contributed by atoms with Crippen molar-refractivity contribution in [1.82, 2.24) is 4.90 Å². The van der Waals surface area contributed by atoms with E-state index < -0.39 is 0 Å². The molecule has 32 heavy (non-hydrogen) atoms. The number of hydrogen-bond acceptors (Lipinski definition) is 3. The molecule has 3 aromatic rings. The van der Waals surface area contributed by atoms with Crippen molar-refractivity contribution >= 4 is 29.3 Å². The molecule has 1 heterocycles. The molecule has 1 aliphatic heterocycles. The van der Waals surface area contributed by atoms with Crippen molar-refractivity contribution in [2.75, 3.05) is 20.2 Å². The molecule has 0 radical (unpaired) electrons. The fraction of sp³-hybridized carbons (Fsp3) is 0.296. The molecule has 0 N–H and O–H groups in total. The molecule has 5 heteroatoms. The number of amides is 1. The number of ether oxygens (including phenoxy) is 1. The second-order valence-electron chi connectivity index (χ2n) is 8.19. The summed E-state index contributed by atoms with van der Waals surface area (Å²) in [6.07, 6.45) is 3.20. The smallest absolute Gasteiger partial charge is 0.253 e. The third kappa shape index (κ3) is 5.87. The van der Waals surface area contributed by atoms with Gasteiger partial charge in [-0.1, -0.05) is 41.9 Å². The zero-order valence-corrected chi connectivity index (χ0v) is 19.9. The maximum Gasteiger partial charge on any atom is 0.253 e. The van der Waals surface area contributed by atoms with Crippen LogP contribution in [0.15, 0.2) is 77.7 Å². The van der Waals surface area contributed by atoms with Crippen molar-refractivity contribution in [3.05, 3.63) is 94.5 Å². The van der Waals surface area contributed by atoms with Gasteiger partial charge in [-0.3, -0.25) is 4.79 Å². The van der Waals surface area contributed by atoms with Gasteiger partial charge in [0.05, 0.1) is 7.11 Å². The van der Waals surface area contributed by atoms with E-state index in [4.69, 9.17) is 16.3 Å². The van der Waals surface area contributed by atoms with Crippen molar-refractivity contribution in [2.45, 2.75) is 29.9 Å². The van der Waals surface area contributed by atoms with E-state index in [0.717, 1.165) is 64.9 Å². The second-order valence-corrected chi connectivity index (χ2v) is 9.68. The van der Waals surface area contributed by atoms with E-state index in [-0.39, 0.29) is 5.91 Å². The summed E-state index contributed by atoms with van der Waals surface area (Å²) in [5, 5.41) is 0.729. The summed E-state index contributed by atoms with van der Waals surface area (Å²) >= 11 is 7.69. The maximum atomic E-state index is 13.2. The van der Waals surface area contributed by atoms with Crippen LogP contribution in [0.25, 0.3) is 0 Å². The molecule has 1 amide bonds. The standard InChI is InChI=1S/C27H28ClNO2S/c1-31-26-12-7-22(18-23(26)19-32-25-10-8-24(28)9-11-25)27(30)29-15-13-21(14-16-29)17-20-5-3-2-4-6-20/h2-12,18,21H,13-17,19H2,1H3. The van der Waals surface area contributed by atoms with Crippen LogP contribution in [0, 0.1) is 5.92 Å². The number of nitrogens with zero attached hydrogens (tertiary/aromatic N) is 1. The highest BCUT2D eigenvalue weighted by molar-refractivity contribution is 7.98. The fourth-order valence-corrected chi connectivity index (χ4v) is 5.19. The van der Waals surface area contributed by atoms with Crippen LogP contribution in [0.4, 0.5) is 0 Å². The summed E-state index contributed by atoms with van der Waals surface area (Å²) in [4.78, 5) is 16.3. The van der Waals surface area contributed by atoms with Crippen LogP contribution < -0.4 is 4.74 Å². The summed E-state index contributed by atoms with van der Waals surface area (Å²) < 4.78 is 5.54. The molecule has 166 valence electrons. The number of rotatable bonds is 7. The van der Waals surface area contributed by atoms with Gasteiger partial charge in [-0.05, 0) is 73.2 Å². The van der Waals surface area contributed by atoms with Crippen LogP contribution >= 0.6 is 23.4 Å². The Labute approximate surface area is 199 Å². The highest BCUT2D eigenvalue weighted by Gasteiger charge is 2.24. The molecule has 0 aromatic heterocycles. The molecule has 1 fully saturated rings.